The van der Waals surface area contributed by atoms with Crippen molar-refractivity contribution in [1.29, 1.82) is 0 Å². The van der Waals surface area contributed by atoms with Crippen LogP contribution in [0.1, 0.15) is 111 Å². The van der Waals surface area contributed by atoms with E-state index in [1.807, 2.05) is 0 Å². The third-order valence-electron chi connectivity index (χ3n) is 12.8. The van der Waals surface area contributed by atoms with E-state index in [9.17, 15) is 47.9 Å². The van der Waals surface area contributed by atoms with Gasteiger partial charge in [0.2, 0.25) is 23.6 Å². The number of Topliss-reactive ketones (excluding diaryl/α,β-unsaturated/α-hetero) is 1. The first kappa shape index (κ1) is 60.6. The summed E-state index contributed by atoms with van der Waals surface area (Å²) in [5, 5.41) is 29.7. The number of carbonyl (C=O) groups is 10. The molecule has 2 aliphatic rings. The second-order valence-electron chi connectivity index (χ2n) is 19.3. The predicted octanol–water partition coefficient (Wildman–Crippen LogP) is 4.98. The van der Waals surface area contributed by atoms with E-state index in [2.05, 4.69) is 26.3 Å². The lowest BCUT2D eigenvalue weighted by atomic mass is 10.0. The fourth-order valence-corrected chi connectivity index (χ4v) is 9.56. The number of carboxylic acid groups (broad SMARTS) is 2. The quantitative estimate of drug-likeness (QED) is 0.0188. The number of aromatic nitrogens is 1. The molecule has 8 N–H and O–H groups in total. The van der Waals surface area contributed by atoms with Gasteiger partial charge < -0.3 is 61.1 Å². The number of primary amides is 1. The highest BCUT2D eigenvalue weighted by atomic mass is 32.1. The minimum absolute atomic E-state index is 0.0353. The Labute approximate surface area is 464 Å². The van der Waals surface area contributed by atoms with Gasteiger partial charge in [0.25, 0.3) is 17.7 Å². The summed E-state index contributed by atoms with van der Waals surface area (Å²) < 4.78 is 24.7. The Morgan fingerprint density at radius 3 is 2.14 bits per heavy atom. The van der Waals surface area contributed by atoms with Crippen LogP contribution in [-0.2, 0) is 58.1 Å². The molecule has 428 valence electrons. The Hall–Kier alpha value is -8.61. The van der Waals surface area contributed by atoms with Gasteiger partial charge in [0.15, 0.2) is 23.0 Å². The zero-order valence-electron chi connectivity index (χ0n) is 44.7. The number of unbranched alkanes of at least 4 members (excludes halogenated alkanes) is 2. The van der Waals surface area contributed by atoms with E-state index >= 15 is 0 Å². The Kier molecular flexibility index (Phi) is 22.3. The van der Waals surface area contributed by atoms with E-state index < -0.39 is 41.9 Å². The number of nitrogens with one attached hydrogen (secondary N) is 4. The van der Waals surface area contributed by atoms with Gasteiger partial charge in [0.1, 0.15) is 18.7 Å². The average molecular weight is 1130 g/mol. The highest BCUT2D eigenvalue weighted by Crippen LogP contribution is 2.38. The SMILES string of the molecule is COc1cc2c(nc1OCCCOc1cc3cc(C(=O)CCC(=O)O)sc3cc1OCc1ccc(NC(=O)[C@H](CCCNC(N)=O)NC(=O)[C@@H](NC(=O)CCCCCN3C(=O)C=CC3=O)C(C)C)cc1)CN(C(=O)CCC(=O)O)C2. The number of ether oxygens (including phenoxy) is 4. The van der Waals surface area contributed by atoms with E-state index in [1.54, 1.807) is 62.4 Å². The van der Waals surface area contributed by atoms with Crippen LogP contribution in [0.3, 0.4) is 0 Å². The van der Waals surface area contributed by atoms with Crippen LogP contribution in [0.2, 0.25) is 0 Å². The molecular weight excluding hydrogens is 1060 g/mol. The van der Waals surface area contributed by atoms with Crippen LogP contribution in [0.4, 0.5) is 10.5 Å². The maximum Gasteiger partial charge on any atom is 0.312 e. The molecule has 2 aliphatic heterocycles. The van der Waals surface area contributed by atoms with Gasteiger partial charge >= 0.3 is 18.0 Å². The lowest BCUT2D eigenvalue weighted by Gasteiger charge is -2.25. The first-order chi connectivity index (χ1) is 38.3. The van der Waals surface area contributed by atoms with E-state index in [4.69, 9.17) is 34.9 Å². The molecule has 0 unspecified atom stereocenters. The smallest absolute Gasteiger partial charge is 0.312 e. The van der Waals surface area contributed by atoms with Gasteiger partial charge in [0.05, 0.1) is 50.3 Å². The third kappa shape index (κ3) is 18.0. The van der Waals surface area contributed by atoms with E-state index in [1.165, 1.54) is 35.5 Å². The molecule has 0 spiro atoms. The summed E-state index contributed by atoms with van der Waals surface area (Å²) in [5.74, 6) is -4.12. The number of aliphatic carboxylic acids is 2. The number of amides is 8. The van der Waals surface area contributed by atoms with Crippen LogP contribution < -0.4 is 45.9 Å². The number of rotatable bonds is 33. The molecule has 2 atom stereocenters. The standard InChI is InChI=1S/C55H66N8O16S/c1-32(2)51(61-45(65)10-5-4-6-22-63-47(67)16-17-48(63)68)53(74)59-37(9-7-21-57-55(56)75)52(73)58-36-13-11-33(12-14-36)31-79-41-28-43-34(27-44(80-43)39(64)15-19-49(69)70)25-40(41)77-23-8-24-78-54-42(76-3)26-35-29-62(30-38(35)60-54)46(66)18-20-50(71)72/h11-14,16-17,25-28,32,37,51H,4-10,15,18-24,29-31H2,1-3H3,(H,58,73)(H,59,74)(H,61,65)(H,69,70)(H,71,72)(H3,56,57,75)/t37-,51-/m0/s1. The minimum atomic E-state index is -1.09. The highest BCUT2D eigenvalue weighted by Gasteiger charge is 2.30. The summed E-state index contributed by atoms with van der Waals surface area (Å²) >= 11 is 1.19. The number of hydrogen-bond donors (Lipinski definition) is 7. The lowest BCUT2D eigenvalue weighted by Crippen LogP contribution is -2.54. The number of urea groups is 1. The highest BCUT2D eigenvalue weighted by molar-refractivity contribution is 7.20. The summed E-state index contributed by atoms with van der Waals surface area (Å²) in [6.07, 6.45) is 3.91. The van der Waals surface area contributed by atoms with Crippen molar-refractivity contribution in [3.63, 3.8) is 0 Å². The average Bonchev–Trinajstić information content (AvgIpc) is 4.15. The molecule has 80 heavy (non-hydrogen) atoms. The Morgan fingerprint density at radius 1 is 0.750 bits per heavy atom. The Bertz CT molecular complexity index is 2960. The van der Waals surface area contributed by atoms with Crippen LogP contribution >= 0.6 is 11.3 Å². The molecule has 25 heteroatoms. The summed E-state index contributed by atoms with van der Waals surface area (Å²) in [6.45, 7) is 4.67. The largest absolute Gasteiger partial charge is 0.491 e. The van der Waals surface area contributed by atoms with E-state index in [0.717, 1.165) is 10.5 Å². The number of thiophene rings is 1. The second kappa shape index (κ2) is 29.4. The van der Waals surface area contributed by atoms with Crippen LogP contribution in [0.15, 0.2) is 60.7 Å². The molecule has 0 aliphatic carbocycles. The molecular formula is C55H66N8O16S. The van der Waals surface area contributed by atoms with Gasteiger partial charge in [-0.25, -0.2) is 9.78 Å². The lowest BCUT2D eigenvalue weighted by molar-refractivity contribution is -0.141. The minimum Gasteiger partial charge on any atom is -0.491 e. The summed E-state index contributed by atoms with van der Waals surface area (Å²) in [5.41, 5.74) is 7.68. The predicted molar refractivity (Wildman–Crippen MR) is 290 cm³/mol. The van der Waals surface area contributed by atoms with Crippen molar-refractivity contribution in [3.8, 4) is 23.1 Å². The van der Waals surface area contributed by atoms with E-state index in [0.29, 0.717) is 74.8 Å². The zero-order valence-corrected chi connectivity index (χ0v) is 45.5. The monoisotopic (exact) mass is 1130 g/mol. The molecule has 0 saturated heterocycles. The molecule has 8 amide bonds. The summed E-state index contributed by atoms with van der Waals surface area (Å²) in [7, 11) is 1.47. The molecule has 0 fully saturated rings. The number of ketones is 1. The molecule has 24 nitrogen and oxygen atoms in total. The number of pyridine rings is 1. The van der Waals surface area contributed by atoms with Crippen molar-refractivity contribution in [1.82, 2.24) is 30.7 Å². The number of carboxylic acids is 2. The van der Waals surface area contributed by atoms with Crippen molar-refractivity contribution < 1.29 is 77.1 Å². The first-order valence-electron chi connectivity index (χ1n) is 26.1. The van der Waals surface area contributed by atoms with Crippen LogP contribution in [0, 0.1) is 5.92 Å². The van der Waals surface area contributed by atoms with Gasteiger partial charge in [-0.2, -0.15) is 0 Å². The van der Waals surface area contributed by atoms with Crippen LogP contribution in [-0.4, -0.2) is 130 Å². The number of carbonyl (C=O) groups excluding carboxylic acids is 8. The first-order valence-corrected chi connectivity index (χ1v) is 26.9. The molecule has 2 aromatic heterocycles. The summed E-state index contributed by atoms with van der Waals surface area (Å²) in [6, 6.07) is 10.8. The van der Waals surface area contributed by atoms with Crippen molar-refractivity contribution in [2.45, 2.75) is 116 Å². The van der Waals surface area contributed by atoms with E-state index in [-0.39, 0.29) is 132 Å². The van der Waals surface area contributed by atoms with Gasteiger partial charge in [-0.3, -0.25) is 48.1 Å². The molecule has 0 saturated carbocycles. The van der Waals surface area contributed by atoms with Gasteiger partial charge in [-0.05, 0) is 78.4 Å². The molecule has 6 rings (SSSR count). The number of methoxy groups -OCH3 is 1. The van der Waals surface area contributed by atoms with Crippen molar-refractivity contribution >= 4 is 86.3 Å². The number of nitrogens with zero attached hydrogens (tertiary/aromatic N) is 3. The fraction of sp³-hybridized carbons (Fsp3) is 0.436. The number of nitrogens with two attached hydrogens (primary N) is 1. The molecule has 4 heterocycles. The fourth-order valence-electron chi connectivity index (χ4n) is 8.52. The Balaban J connectivity index is 1.06. The topological polar surface area (TPSA) is 342 Å². The van der Waals surface area contributed by atoms with Crippen molar-refractivity contribution in [2.75, 3.05) is 38.7 Å². The summed E-state index contributed by atoms with van der Waals surface area (Å²) in [4.78, 5) is 131. The normalized spacial score (nSPS) is 13.4. The number of benzene rings is 2. The number of fused-ring (bicyclic) bond motifs is 2. The molecule has 2 aromatic carbocycles. The van der Waals surface area contributed by atoms with Gasteiger partial charge in [-0.15, -0.1) is 11.3 Å². The maximum absolute atomic E-state index is 13.8. The van der Waals surface area contributed by atoms with Gasteiger partial charge in [0, 0.05) is 73.9 Å². The van der Waals surface area contributed by atoms with Crippen molar-refractivity contribution in [2.24, 2.45) is 11.7 Å². The Morgan fingerprint density at radius 2 is 1.45 bits per heavy atom. The zero-order chi connectivity index (χ0) is 57.9. The molecule has 0 radical (unpaired) electrons. The second-order valence-corrected chi connectivity index (χ2v) is 20.4. The van der Waals surface area contributed by atoms with Crippen molar-refractivity contribution in [3.05, 3.63) is 82.4 Å². The van der Waals surface area contributed by atoms with Crippen LogP contribution in [0.25, 0.3) is 10.1 Å². The maximum atomic E-state index is 13.8. The molecule has 0 bridgehead atoms. The number of hydrogen-bond acceptors (Lipinski definition) is 16. The van der Waals surface area contributed by atoms with Gasteiger partial charge in [-0.1, -0.05) is 32.4 Å². The number of anilines is 1. The molecule has 4 aromatic rings. The number of imide groups is 1. The van der Waals surface area contributed by atoms with Crippen LogP contribution in [0.5, 0.6) is 23.1 Å². The third-order valence-corrected chi connectivity index (χ3v) is 14.0.